The summed E-state index contributed by atoms with van der Waals surface area (Å²) >= 11 is 8.19. The summed E-state index contributed by atoms with van der Waals surface area (Å²) < 4.78 is 29.0. The van der Waals surface area contributed by atoms with Gasteiger partial charge in [0.2, 0.25) is 5.88 Å². The number of aromatic nitrogens is 1. The van der Waals surface area contributed by atoms with E-state index in [-0.39, 0.29) is 12.3 Å². The van der Waals surface area contributed by atoms with Gasteiger partial charge in [0, 0.05) is 23.4 Å². The number of thiazole rings is 1. The molecule has 0 fully saturated rings. The second-order valence-electron chi connectivity index (χ2n) is 6.91. The van der Waals surface area contributed by atoms with Crippen LogP contribution in [0.2, 0.25) is 0 Å². The van der Waals surface area contributed by atoms with Gasteiger partial charge in [0.1, 0.15) is 0 Å². The van der Waals surface area contributed by atoms with Crippen LogP contribution in [0.5, 0.6) is 5.88 Å². The maximum Gasteiger partial charge on any atom is 0.303 e. The second kappa shape index (κ2) is 10.3. The van der Waals surface area contributed by atoms with Crippen LogP contribution in [0.4, 0.5) is 8.78 Å². The van der Waals surface area contributed by atoms with Crippen LogP contribution in [0.1, 0.15) is 42.4 Å². The first-order valence-electron chi connectivity index (χ1n) is 9.67. The summed E-state index contributed by atoms with van der Waals surface area (Å²) in [6.45, 7) is 2.38. The number of unbranched alkanes of at least 4 members (excludes halogenated alkanes) is 2. The summed E-state index contributed by atoms with van der Waals surface area (Å²) in [6.07, 6.45) is 4.06. The molecule has 0 amide bonds. The molecule has 0 aliphatic heterocycles. The highest BCUT2D eigenvalue weighted by molar-refractivity contribution is 7.73. The highest BCUT2D eigenvalue weighted by Crippen LogP contribution is 2.40. The highest BCUT2D eigenvalue weighted by atomic mass is 32.1. The van der Waals surface area contributed by atoms with E-state index in [1.807, 2.05) is 24.4 Å². The topological polar surface area (TPSA) is 62.5 Å². The Morgan fingerprint density at radius 3 is 2.61 bits per heavy atom. The molecule has 2 heterocycles. The lowest BCUT2D eigenvalue weighted by Crippen LogP contribution is -1.99. The van der Waals surface area contributed by atoms with Crippen LogP contribution in [-0.2, 0) is 11.3 Å². The van der Waals surface area contributed by atoms with E-state index in [0.29, 0.717) is 27.4 Å². The lowest BCUT2D eigenvalue weighted by molar-refractivity contribution is -0.137. The Labute approximate surface area is 191 Å². The van der Waals surface area contributed by atoms with Crippen LogP contribution in [0.25, 0.3) is 16.7 Å². The Morgan fingerprint density at radius 1 is 1.16 bits per heavy atom. The van der Waals surface area contributed by atoms with Gasteiger partial charge in [-0.05, 0) is 66.7 Å². The van der Waals surface area contributed by atoms with Gasteiger partial charge in [0.15, 0.2) is 15.6 Å². The van der Waals surface area contributed by atoms with Gasteiger partial charge in [-0.1, -0.05) is 18.6 Å². The largest absolute Gasteiger partial charge is 0.493 e. The van der Waals surface area contributed by atoms with Crippen LogP contribution in [-0.4, -0.2) is 20.7 Å². The Morgan fingerprint density at radius 2 is 1.94 bits per heavy atom. The first-order chi connectivity index (χ1) is 14.8. The molecule has 0 bridgehead atoms. The molecule has 0 saturated heterocycles. The van der Waals surface area contributed by atoms with E-state index in [2.05, 4.69) is 0 Å². The van der Waals surface area contributed by atoms with Crippen molar-refractivity contribution in [2.75, 3.05) is 0 Å². The fourth-order valence-corrected chi connectivity index (χ4v) is 5.68. The summed E-state index contributed by atoms with van der Waals surface area (Å²) in [7, 11) is 0. The number of hydrogen-bond donors (Lipinski definition) is 2. The number of aromatic hydroxyl groups is 1. The number of thiophene rings is 1. The lowest BCUT2D eigenvalue weighted by atomic mass is 10.1. The number of carbonyl (C=O) groups is 1. The fourth-order valence-electron chi connectivity index (χ4n) is 3.18. The van der Waals surface area contributed by atoms with Gasteiger partial charge < -0.3 is 10.2 Å². The van der Waals surface area contributed by atoms with Gasteiger partial charge in [0.05, 0.1) is 4.88 Å². The van der Waals surface area contributed by atoms with Crippen molar-refractivity contribution >= 4 is 46.4 Å². The molecule has 3 rings (SSSR count). The van der Waals surface area contributed by atoms with Crippen molar-refractivity contribution in [3.8, 4) is 17.0 Å². The zero-order valence-electron chi connectivity index (χ0n) is 16.7. The van der Waals surface area contributed by atoms with Crippen molar-refractivity contribution in [3.63, 3.8) is 0 Å². The molecule has 2 aromatic heterocycles. The fraction of sp³-hybridized carbons (Fsp3) is 0.273. The number of hydrogen-bond acceptors (Lipinski definition) is 5. The monoisotopic (exact) mass is 481 g/mol. The van der Waals surface area contributed by atoms with E-state index in [1.165, 1.54) is 34.8 Å². The molecule has 3 aromatic rings. The number of halogens is 2. The van der Waals surface area contributed by atoms with Gasteiger partial charge in [-0.3, -0.25) is 9.36 Å². The number of allylic oxidation sites excluding steroid dienone is 1. The zero-order valence-corrected chi connectivity index (χ0v) is 19.2. The summed E-state index contributed by atoms with van der Waals surface area (Å²) in [6, 6.07) is 5.68. The Bertz CT molecular complexity index is 1180. The van der Waals surface area contributed by atoms with Crippen molar-refractivity contribution in [1.82, 2.24) is 4.57 Å². The number of aliphatic carboxylic acids is 1. The van der Waals surface area contributed by atoms with Crippen LogP contribution in [0.3, 0.4) is 0 Å². The van der Waals surface area contributed by atoms with E-state index < -0.39 is 17.6 Å². The number of carboxylic acid groups (broad SMARTS) is 1. The molecule has 0 atom stereocenters. The summed E-state index contributed by atoms with van der Waals surface area (Å²) in [5.41, 5.74) is 2.16. The zero-order chi connectivity index (χ0) is 22.5. The average Bonchev–Trinajstić information content (AvgIpc) is 3.31. The first-order valence-corrected chi connectivity index (χ1v) is 11.8. The minimum atomic E-state index is -0.896. The minimum Gasteiger partial charge on any atom is -0.493 e. The van der Waals surface area contributed by atoms with E-state index in [9.17, 15) is 18.7 Å². The van der Waals surface area contributed by atoms with Crippen LogP contribution in [0.15, 0.2) is 35.7 Å². The summed E-state index contributed by atoms with van der Waals surface area (Å²) in [4.78, 5) is 12.1. The molecule has 0 unspecified atom stereocenters. The predicted octanol–water partition coefficient (Wildman–Crippen LogP) is 7.09. The molecule has 0 aliphatic carbocycles. The first kappa shape index (κ1) is 23.3. The maximum atomic E-state index is 13.6. The minimum absolute atomic E-state index is 0.0871. The average molecular weight is 482 g/mol. The van der Waals surface area contributed by atoms with Gasteiger partial charge >= 0.3 is 5.97 Å². The van der Waals surface area contributed by atoms with Gasteiger partial charge in [-0.2, -0.15) is 0 Å². The van der Waals surface area contributed by atoms with Gasteiger partial charge in [0.25, 0.3) is 0 Å². The second-order valence-corrected chi connectivity index (χ2v) is 9.46. The number of carboxylic acids is 1. The normalized spacial score (nSPS) is 11.8. The third kappa shape index (κ3) is 5.47. The van der Waals surface area contributed by atoms with Crippen molar-refractivity contribution in [3.05, 3.63) is 61.1 Å². The van der Waals surface area contributed by atoms with Crippen molar-refractivity contribution < 1.29 is 23.8 Å². The Kier molecular flexibility index (Phi) is 7.74. The number of rotatable bonds is 9. The molecule has 0 radical (unpaired) electrons. The van der Waals surface area contributed by atoms with Gasteiger partial charge in [-0.25, -0.2) is 8.78 Å². The predicted molar refractivity (Wildman–Crippen MR) is 123 cm³/mol. The molecule has 9 heteroatoms. The van der Waals surface area contributed by atoms with Crippen molar-refractivity contribution in [2.24, 2.45) is 0 Å². The third-order valence-electron chi connectivity index (χ3n) is 4.79. The molecule has 2 N–H and O–H groups in total. The maximum absolute atomic E-state index is 13.6. The molecule has 31 heavy (non-hydrogen) atoms. The molecule has 0 aliphatic rings. The standard InChI is InChI=1S/C22H21F2NO3S3/c1-2-15(18-11-14(12-30-18)13-7-8-16(23)17(24)10-13)20-21(28)25(22(29)31-20)9-5-3-4-6-19(26)27/h2,7-8,10-12,28H,3-6,9H2,1H3,(H,26,27). The number of nitrogens with zero attached hydrogens (tertiary/aromatic N) is 1. The molecular formula is C22H21F2NO3S3. The summed E-state index contributed by atoms with van der Waals surface area (Å²) in [5.74, 6) is -2.51. The highest BCUT2D eigenvalue weighted by Gasteiger charge is 2.18. The molecule has 164 valence electrons. The van der Waals surface area contributed by atoms with Crippen molar-refractivity contribution in [2.45, 2.75) is 39.2 Å². The summed E-state index contributed by atoms with van der Waals surface area (Å²) in [5, 5.41) is 21.4. The quantitative estimate of drug-likeness (QED) is 0.253. The van der Waals surface area contributed by atoms with E-state index in [4.69, 9.17) is 17.3 Å². The van der Waals surface area contributed by atoms with Crippen LogP contribution >= 0.6 is 34.9 Å². The number of benzene rings is 1. The molecule has 0 spiro atoms. The third-order valence-corrected chi connectivity index (χ3v) is 7.23. The smallest absolute Gasteiger partial charge is 0.303 e. The van der Waals surface area contributed by atoms with Crippen molar-refractivity contribution in [1.29, 1.82) is 0 Å². The van der Waals surface area contributed by atoms with E-state index in [1.54, 1.807) is 4.57 Å². The molecule has 0 saturated carbocycles. The molecular weight excluding hydrogens is 460 g/mol. The Hall–Kier alpha value is -2.36. The Balaban J connectivity index is 1.80. The van der Waals surface area contributed by atoms with Gasteiger partial charge in [-0.15, -0.1) is 22.7 Å². The van der Waals surface area contributed by atoms with Crippen LogP contribution in [0, 0.1) is 15.6 Å². The van der Waals surface area contributed by atoms with E-state index >= 15 is 0 Å². The SMILES string of the molecule is CC=C(c1cc(-c2ccc(F)c(F)c2)cs1)c1sc(=S)n(CCCCCC(=O)O)c1O. The molecule has 1 aromatic carbocycles. The molecule has 4 nitrogen and oxygen atoms in total. The van der Waals surface area contributed by atoms with E-state index in [0.717, 1.165) is 34.9 Å². The van der Waals surface area contributed by atoms with Crippen LogP contribution < -0.4 is 0 Å². The lowest BCUT2D eigenvalue weighted by Gasteiger charge is -2.06.